The monoisotopic (exact) mass is 249 g/mol. The molecule has 0 unspecified atom stereocenters. The van der Waals surface area contributed by atoms with Crippen LogP contribution >= 0.6 is 0 Å². The number of nitrogens with one attached hydrogen (secondary N) is 1. The summed E-state index contributed by atoms with van der Waals surface area (Å²) in [5.74, 6) is -1.05. The van der Waals surface area contributed by atoms with E-state index in [0.29, 0.717) is 17.9 Å². The molecule has 1 aliphatic heterocycles. The first-order valence-corrected chi connectivity index (χ1v) is 5.93. The van der Waals surface area contributed by atoms with E-state index >= 15 is 0 Å². The predicted molar refractivity (Wildman–Crippen MR) is 66.1 cm³/mol. The van der Waals surface area contributed by atoms with Gasteiger partial charge < -0.3 is 19.9 Å². The van der Waals surface area contributed by atoms with E-state index in [4.69, 9.17) is 0 Å². The molecule has 1 saturated carbocycles. The van der Waals surface area contributed by atoms with E-state index < -0.39 is 5.97 Å². The zero-order chi connectivity index (χ0) is 13.1. The van der Waals surface area contributed by atoms with Crippen LogP contribution in [-0.2, 0) is 4.79 Å². The van der Waals surface area contributed by atoms with Crippen molar-refractivity contribution in [3.8, 4) is 0 Å². The summed E-state index contributed by atoms with van der Waals surface area (Å²) >= 11 is 0. The molecule has 1 spiro atoms. The Morgan fingerprint density at radius 2 is 2.11 bits per heavy atom. The van der Waals surface area contributed by atoms with E-state index in [1.807, 2.05) is 11.9 Å². The van der Waals surface area contributed by atoms with Crippen molar-refractivity contribution in [1.82, 2.24) is 4.98 Å². The summed E-state index contributed by atoms with van der Waals surface area (Å²) in [6.07, 6.45) is 3.60. The van der Waals surface area contributed by atoms with Crippen LogP contribution < -0.4 is 9.80 Å². The SMILES string of the molecule is CC(=O)N1CC2(CC2)N(C)c2c1c[nH]c2C(=O)O. The van der Waals surface area contributed by atoms with Gasteiger partial charge in [-0.15, -0.1) is 0 Å². The Morgan fingerprint density at radius 3 is 2.61 bits per heavy atom. The first kappa shape index (κ1) is 11.1. The van der Waals surface area contributed by atoms with Crippen molar-refractivity contribution in [2.75, 3.05) is 23.4 Å². The van der Waals surface area contributed by atoms with Crippen LogP contribution in [0.2, 0.25) is 0 Å². The number of carbonyl (C=O) groups is 2. The van der Waals surface area contributed by atoms with Crippen LogP contribution in [0.3, 0.4) is 0 Å². The molecule has 1 fully saturated rings. The second kappa shape index (κ2) is 3.28. The number of hydrogen-bond acceptors (Lipinski definition) is 3. The summed E-state index contributed by atoms with van der Waals surface area (Å²) in [5.41, 5.74) is 1.39. The van der Waals surface area contributed by atoms with Crippen LogP contribution in [-0.4, -0.2) is 41.1 Å². The molecule has 2 N–H and O–H groups in total. The number of amides is 1. The maximum atomic E-state index is 11.7. The van der Waals surface area contributed by atoms with Crippen LogP contribution in [0.15, 0.2) is 6.20 Å². The normalized spacial score (nSPS) is 19.9. The number of aromatic carboxylic acids is 1. The highest BCUT2D eigenvalue weighted by Crippen LogP contribution is 2.51. The minimum absolute atomic E-state index is 0.0495. The summed E-state index contributed by atoms with van der Waals surface area (Å²) in [4.78, 5) is 29.4. The average molecular weight is 249 g/mol. The van der Waals surface area contributed by atoms with Gasteiger partial charge in [0.2, 0.25) is 5.91 Å². The summed E-state index contributed by atoms with van der Waals surface area (Å²) in [5, 5.41) is 9.20. The number of hydrogen-bond donors (Lipinski definition) is 2. The molecule has 3 rings (SSSR count). The van der Waals surface area contributed by atoms with Crippen LogP contribution in [0.5, 0.6) is 0 Å². The highest BCUT2D eigenvalue weighted by molar-refractivity contribution is 6.04. The van der Waals surface area contributed by atoms with Crippen molar-refractivity contribution in [1.29, 1.82) is 0 Å². The van der Waals surface area contributed by atoms with Gasteiger partial charge in [0.1, 0.15) is 0 Å². The molecule has 2 heterocycles. The van der Waals surface area contributed by atoms with Gasteiger partial charge >= 0.3 is 5.97 Å². The minimum atomic E-state index is -0.996. The second-order valence-electron chi connectivity index (χ2n) is 5.09. The van der Waals surface area contributed by atoms with Crippen molar-refractivity contribution in [3.63, 3.8) is 0 Å². The van der Waals surface area contributed by atoms with Gasteiger partial charge in [-0.3, -0.25) is 4.79 Å². The number of carboxylic acids is 1. The average Bonchev–Trinajstić information content (AvgIpc) is 2.92. The molecule has 0 atom stereocenters. The Morgan fingerprint density at radius 1 is 1.44 bits per heavy atom. The van der Waals surface area contributed by atoms with Gasteiger partial charge in [-0.2, -0.15) is 0 Å². The molecule has 6 heteroatoms. The molecular weight excluding hydrogens is 234 g/mol. The summed E-state index contributed by atoms with van der Waals surface area (Å²) in [7, 11) is 1.91. The number of aromatic amines is 1. The molecule has 1 aliphatic carbocycles. The Labute approximate surface area is 104 Å². The Balaban J connectivity index is 2.16. The smallest absolute Gasteiger partial charge is 0.354 e. The Hall–Kier alpha value is -1.98. The van der Waals surface area contributed by atoms with E-state index in [1.54, 1.807) is 11.1 Å². The van der Waals surface area contributed by atoms with Crippen molar-refractivity contribution < 1.29 is 14.7 Å². The molecular formula is C12H15N3O3. The standard InChI is InChI=1S/C12H15N3O3/c1-7(16)15-6-12(3-4-12)14(2)10-8(15)5-13-9(10)11(17)18/h5,13H,3-4,6H2,1-2H3,(H,17,18). The number of anilines is 2. The van der Waals surface area contributed by atoms with E-state index in [1.165, 1.54) is 6.92 Å². The maximum Gasteiger partial charge on any atom is 0.354 e. The van der Waals surface area contributed by atoms with Crippen molar-refractivity contribution in [2.45, 2.75) is 25.3 Å². The molecule has 0 saturated heterocycles. The first-order valence-electron chi connectivity index (χ1n) is 5.93. The Kier molecular flexibility index (Phi) is 2.03. The fraction of sp³-hybridized carbons (Fsp3) is 0.500. The fourth-order valence-electron chi connectivity index (χ4n) is 2.76. The van der Waals surface area contributed by atoms with Crippen LogP contribution in [0, 0.1) is 0 Å². The molecule has 0 aromatic carbocycles. The van der Waals surface area contributed by atoms with Crippen molar-refractivity contribution in [2.24, 2.45) is 0 Å². The second-order valence-corrected chi connectivity index (χ2v) is 5.09. The molecule has 6 nitrogen and oxygen atoms in total. The molecule has 1 aromatic rings. The lowest BCUT2D eigenvalue weighted by Gasteiger charge is -2.40. The zero-order valence-electron chi connectivity index (χ0n) is 10.4. The molecule has 2 aliphatic rings. The molecule has 0 radical (unpaired) electrons. The molecule has 1 aromatic heterocycles. The Bertz CT molecular complexity index is 545. The van der Waals surface area contributed by atoms with E-state index in [-0.39, 0.29) is 17.1 Å². The number of carboxylic acid groups (broad SMARTS) is 1. The zero-order valence-corrected chi connectivity index (χ0v) is 10.4. The molecule has 96 valence electrons. The van der Waals surface area contributed by atoms with Gasteiger partial charge in [0.05, 0.1) is 16.9 Å². The number of nitrogens with zero attached hydrogens (tertiary/aromatic N) is 2. The van der Waals surface area contributed by atoms with Gasteiger partial charge in [-0.05, 0) is 12.8 Å². The number of rotatable bonds is 1. The fourth-order valence-corrected chi connectivity index (χ4v) is 2.76. The lowest BCUT2D eigenvalue weighted by Crippen LogP contribution is -2.50. The third kappa shape index (κ3) is 1.28. The van der Waals surface area contributed by atoms with E-state index in [9.17, 15) is 14.7 Å². The van der Waals surface area contributed by atoms with Crippen LogP contribution in [0.25, 0.3) is 0 Å². The van der Waals surface area contributed by atoms with E-state index in [0.717, 1.165) is 12.8 Å². The molecule has 18 heavy (non-hydrogen) atoms. The number of aromatic nitrogens is 1. The van der Waals surface area contributed by atoms with E-state index in [2.05, 4.69) is 4.98 Å². The largest absolute Gasteiger partial charge is 0.477 e. The summed E-state index contributed by atoms with van der Waals surface area (Å²) < 4.78 is 0. The molecule has 1 amide bonds. The van der Waals surface area contributed by atoms with Crippen LogP contribution in [0.1, 0.15) is 30.3 Å². The van der Waals surface area contributed by atoms with Gasteiger partial charge in [0, 0.05) is 26.7 Å². The third-order valence-electron chi connectivity index (χ3n) is 4.04. The molecule has 0 bridgehead atoms. The van der Waals surface area contributed by atoms with Gasteiger partial charge in [0.25, 0.3) is 0 Å². The van der Waals surface area contributed by atoms with Crippen LogP contribution in [0.4, 0.5) is 11.4 Å². The lowest BCUT2D eigenvalue weighted by atomic mass is 10.1. The van der Waals surface area contributed by atoms with Crippen molar-refractivity contribution in [3.05, 3.63) is 11.9 Å². The van der Waals surface area contributed by atoms with Gasteiger partial charge in [0.15, 0.2) is 5.69 Å². The first-order chi connectivity index (χ1) is 8.46. The highest BCUT2D eigenvalue weighted by Gasteiger charge is 2.53. The summed E-state index contributed by atoms with van der Waals surface area (Å²) in [6.45, 7) is 2.15. The van der Waals surface area contributed by atoms with Gasteiger partial charge in [-0.1, -0.05) is 0 Å². The highest BCUT2D eigenvalue weighted by atomic mass is 16.4. The van der Waals surface area contributed by atoms with Gasteiger partial charge in [-0.25, -0.2) is 4.79 Å². The summed E-state index contributed by atoms with van der Waals surface area (Å²) in [6, 6.07) is 0. The topological polar surface area (TPSA) is 76.6 Å². The van der Waals surface area contributed by atoms with Crippen molar-refractivity contribution >= 4 is 23.3 Å². The number of carbonyl (C=O) groups excluding carboxylic acids is 1. The lowest BCUT2D eigenvalue weighted by molar-refractivity contribution is -0.116. The minimum Gasteiger partial charge on any atom is -0.477 e. The third-order valence-corrected chi connectivity index (χ3v) is 4.04. The number of likely N-dealkylation sites (N-methyl/N-ethyl adjacent to an activating group) is 1. The number of fused-ring (bicyclic) bond motifs is 1. The quantitative estimate of drug-likeness (QED) is 0.780. The number of H-pyrrole nitrogens is 1. The predicted octanol–water partition coefficient (Wildman–Crippen LogP) is 1.05. The maximum absolute atomic E-state index is 11.7.